The molecule has 0 aliphatic carbocycles. The third-order valence-electron chi connectivity index (χ3n) is 5.48. The van der Waals surface area contributed by atoms with Gasteiger partial charge < -0.3 is 9.88 Å². The smallest absolute Gasteiger partial charge is 0.224 e. The highest BCUT2D eigenvalue weighted by molar-refractivity contribution is 5.78. The molecule has 0 unspecified atom stereocenters. The van der Waals surface area contributed by atoms with Gasteiger partial charge in [-0.2, -0.15) is 0 Å². The molecule has 0 saturated heterocycles. The molecule has 0 atom stereocenters. The van der Waals surface area contributed by atoms with Crippen molar-refractivity contribution in [3.8, 4) is 0 Å². The summed E-state index contributed by atoms with van der Waals surface area (Å²) in [5.74, 6) is 1.31. The predicted molar refractivity (Wildman–Crippen MR) is 120 cm³/mol. The Bertz CT molecular complexity index is 929. The van der Waals surface area contributed by atoms with E-state index in [1.54, 1.807) is 0 Å². The van der Waals surface area contributed by atoms with Crippen LogP contribution in [0.15, 0.2) is 48.5 Å². The van der Waals surface area contributed by atoms with Gasteiger partial charge >= 0.3 is 0 Å². The fourth-order valence-corrected chi connectivity index (χ4v) is 3.74. The first kappa shape index (κ1) is 21.1. The van der Waals surface area contributed by atoms with Crippen LogP contribution in [-0.4, -0.2) is 22.0 Å². The maximum atomic E-state index is 12.1. The minimum atomic E-state index is 0.112. The van der Waals surface area contributed by atoms with Crippen molar-refractivity contribution in [2.24, 2.45) is 0 Å². The van der Waals surface area contributed by atoms with Crippen LogP contribution in [0.3, 0.4) is 0 Å². The molecule has 29 heavy (non-hydrogen) atoms. The number of rotatable bonds is 11. The molecule has 1 heterocycles. The number of nitrogens with one attached hydrogen (secondary N) is 1. The van der Waals surface area contributed by atoms with Crippen LogP contribution in [-0.2, 0) is 24.2 Å². The van der Waals surface area contributed by atoms with E-state index in [0.717, 1.165) is 49.9 Å². The van der Waals surface area contributed by atoms with E-state index in [1.807, 2.05) is 18.2 Å². The number of para-hydroxylation sites is 2. The number of benzene rings is 2. The molecule has 0 bridgehead atoms. The van der Waals surface area contributed by atoms with Gasteiger partial charge in [0.15, 0.2) is 0 Å². The SMILES string of the molecule is CCCCn1c(CCCCCNC(=O)Cc2ccccc2C)nc2ccccc21. The summed E-state index contributed by atoms with van der Waals surface area (Å²) in [5, 5.41) is 3.06. The number of carbonyl (C=O) groups excluding carboxylic acids is 1. The van der Waals surface area contributed by atoms with Gasteiger partial charge in [-0.3, -0.25) is 4.79 Å². The van der Waals surface area contributed by atoms with Gasteiger partial charge in [-0.25, -0.2) is 4.98 Å². The first-order valence-electron chi connectivity index (χ1n) is 10.9. The van der Waals surface area contributed by atoms with E-state index in [-0.39, 0.29) is 5.91 Å². The van der Waals surface area contributed by atoms with E-state index in [4.69, 9.17) is 4.98 Å². The van der Waals surface area contributed by atoms with Crippen LogP contribution < -0.4 is 5.32 Å². The number of nitrogens with zero attached hydrogens (tertiary/aromatic N) is 2. The second kappa shape index (κ2) is 10.8. The molecule has 0 fully saturated rings. The number of amides is 1. The molecule has 0 saturated carbocycles. The summed E-state index contributed by atoms with van der Waals surface area (Å²) >= 11 is 0. The standard InChI is InChI=1S/C25H33N3O/c1-3-4-18-28-23-15-10-9-14-22(23)27-24(28)16-6-5-11-17-26-25(29)19-21-13-8-7-12-20(21)2/h7-10,12-15H,3-6,11,16-19H2,1-2H3,(H,26,29). The Morgan fingerprint density at radius 1 is 1.00 bits per heavy atom. The molecular weight excluding hydrogens is 358 g/mol. The van der Waals surface area contributed by atoms with E-state index >= 15 is 0 Å². The summed E-state index contributed by atoms with van der Waals surface area (Å²) in [4.78, 5) is 17.0. The average molecular weight is 392 g/mol. The first-order valence-corrected chi connectivity index (χ1v) is 10.9. The van der Waals surface area contributed by atoms with Crippen molar-refractivity contribution in [3.63, 3.8) is 0 Å². The van der Waals surface area contributed by atoms with Crippen LogP contribution in [0.25, 0.3) is 11.0 Å². The molecule has 1 amide bonds. The lowest BCUT2D eigenvalue weighted by Crippen LogP contribution is -2.26. The summed E-state index contributed by atoms with van der Waals surface area (Å²) in [7, 11) is 0. The number of hydrogen-bond acceptors (Lipinski definition) is 2. The minimum absolute atomic E-state index is 0.112. The molecule has 1 N–H and O–H groups in total. The number of hydrogen-bond donors (Lipinski definition) is 1. The maximum Gasteiger partial charge on any atom is 0.224 e. The molecule has 4 heteroatoms. The van der Waals surface area contributed by atoms with Crippen LogP contribution >= 0.6 is 0 Å². The van der Waals surface area contributed by atoms with Crippen molar-refractivity contribution in [3.05, 3.63) is 65.5 Å². The molecule has 3 aromatic rings. The third kappa shape index (κ3) is 5.93. The van der Waals surface area contributed by atoms with E-state index in [2.05, 4.69) is 54.1 Å². The molecule has 0 aliphatic heterocycles. The van der Waals surface area contributed by atoms with Gasteiger partial charge in [0, 0.05) is 19.5 Å². The van der Waals surface area contributed by atoms with E-state index in [0.29, 0.717) is 6.42 Å². The lowest BCUT2D eigenvalue weighted by atomic mass is 10.1. The highest BCUT2D eigenvalue weighted by Crippen LogP contribution is 2.18. The number of carbonyl (C=O) groups is 1. The third-order valence-corrected chi connectivity index (χ3v) is 5.48. The molecule has 0 radical (unpaired) electrons. The van der Waals surface area contributed by atoms with E-state index in [1.165, 1.54) is 29.7 Å². The molecular formula is C25H33N3O. The minimum Gasteiger partial charge on any atom is -0.356 e. The largest absolute Gasteiger partial charge is 0.356 e. The molecule has 0 spiro atoms. The zero-order valence-corrected chi connectivity index (χ0v) is 17.8. The Kier molecular flexibility index (Phi) is 7.85. The van der Waals surface area contributed by atoms with Gasteiger partial charge in [0.25, 0.3) is 0 Å². The van der Waals surface area contributed by atoms with E-state index in [9.17, 15) is 4.79 Å². The Hall–Kier alpha value is -2.62. The second-order valence-corrected chi connectivity index (χ2v) is 7.79. The highest BCUT2D eigenvalue weighted by Gasteiger charge is 2.10. The van der Waals surface area contributed by atoms with Crippen molar-refractivity contribution < 1.29 is 4.79 Å². The quantitative estimate of drug-likeness (QED) is 0.456. The van der Waals surface area contributed by atoms with Crippen LogP contribution in [0.5, 0.6) is 0 Å². The van der Waals surface area contributed by atoms with Crippen molar-refractivity contribution in [2.45, 2.75) is 65.3 Å². The van der Waals surface area contributed by atoms with Crippen LogP contribution in [0.4, 0.5) is 0 Å². The van der Waals surface area contributed by atoms with Gasteiger partial charge in [-0.15, -0.1) is 0 Å². The predicted octanol–water partition coefficient (Wildman–Crippen LogP) is 5.22. The van der Waals surface area contributed by atoms with Gasteiger partial charge in [0.1, 0.15) is 5.82 Å². The van der Waals surface area contributed by atoms with Crippen molar-refractivity contribution >= 4 is 16.9 Å². The Morgan fingerprint density at radius 2 is 1.79 bits per heavy atom. The fraction of sp³-hybridized carbons (Fsp3) is 0.440. The Labute approximate surface area is 174 Å². The van der Waals surface area contributed by atoms with Crippen molar-refractivity contribution in [1.82, 2.24) is 14.9 Å². The van der Waals surface area contributed by atoms with Crippen molar-refractivity contribution in [2.75, 3.05) is 6.54 Å². The zero-order valence-electron chi connectivity index (χ0n) is 17.8. The van der Waals surface area contributed by atoms with Gasteiger partial charge in [-0.05, 0) is 49.4 Å². The number of fused-ring (bicyclic) bond motifs is 1. The highest BCUT2D eigenvalue weighted by atomic mass is 16.1. The van der Waals surface area contributed by atoms with Crippen molar-refractivity contribution in [1.29, 1.82) is 0 Å². The number of unbranched alkanes of at least 4 members (excludes halogenated alkanes) is 3. The molecule has 154 valence electrons. The summed E-state index contributed by atoms with van der Waals surface area (Å²) in [5.41, 5.74) is 4.63. The summed E-state index contributed by atoms with van der Waals surface area (Å²) in [6.07, 6.45) is 7.04. The number of imidazole rings is 1. The van der Waals surface area contributed by atoms with Crippen LogP contribution in [0.1, 0.15) is 56.0 Å². The topological polar surface area (TPSA) is 46.9 Å². The van der Waals surface area contributed by atoms with Crippen LogP contribution in [0.2, 0.25) is 0 Å². The maximum absolute atomic E-state index is 12.1. The fourth-order valence-electron chi connectivity index (χ4n) is 3.74. The zero-order chi connectivity index (χ0) is 20.5. The molecule has 3 rings (SSSR count). The molecule has 4 nitrogen and oxygen atoms in total. The molecule has 2 aromatic carbocycles. The summed E-state index contributed by atoms with van der Waals surface area (Å²) in [6.45, 7) is 6.07. The van der Waals surface area contributed by atoms with E-state index < -0.39 is 0 Å². The number of aromatic nitrogens is 2. The van der Waals surface area contributed by atoms with Gasteiger partial charge in [0.05, 0.1) is 17.5 Å². The molecule has 0 aliphatic rings. The average Bonchev–Trinajstić information content (AvgIpc) is 3.08. The second-order valence-electron chi connectivity index (χ2n) is 7.79. The number of aryl methyl sites for hydroxylation is 3. The van der Waals surface area contributed by atoms with Gasteiger partial charge in [0.2, 0.25) is 5.91 Å². The van der Waals surface area contributed by atoms with Gasteiger partial charge in [-0.1, -0.05) is 56.2 Å². The summed E-state index contributed by atoms with van der Waals surface area (Å²) < 4.78 is 2.39. The normalized spacial score (nSPS) is 11.1. The Morgan fingerprint density at radius 3 is 2.62 bits per heavy atom. The first-order chi connectivity index (χ1) is 14.2. The summed E-state index contributed by atoms with van der Waals surface area (Å²) in [6, 6.07) is 16.5. The Balaban J connectivity index is 1.41. The lowest BCUT2D eigenvalue weighted by molar-refractivity contribution is -0.120. The monoisotopic (exact) mass is 391 g/mol. The lowest BCUT2D eigenvalue weighted by Gasteiger charge is -2.09. The molecule has 1 aromatic heterocycles. The van der Waals surface area contributed by atoms with Crippen LogP contribution in [0, 0.1) is 6.92 Å².